The molecule has 0 saturated heterocycles. The Morgan fingerprint density at radius 3 is 2.56 bits per heavy atom. The van der Waals surface area contributed by atoms with Gasteiger partial charge < -0.3 is 9.47 Å². The van der Waals surface area contributed by atoms with Gasteiger partial charge in [0.25, 0.3) is 0 Å². The van der Waals surface area contributed by atoms with Gasteiger partial charge in [0, 0.05) is 17.3 Å². The molecule has 0 N–H and O–H groups in total. The third kappa shape index (κ3) is 3.38. The third-order valence-electron chi connectivity index (χ3n) is 3.89. The number of rotatable bonds is 6. The van der Waals surface area contributed by atoms with Crippen LogP contribution in [0, 0.1) is 5.82 Å². The number of nitrogens with zero attached hydrogens (tertiary/aromatic N) is 2. The summed E-state index contributed by atoms with van der Waals surface area (Å²) in [6.45, 7) is 0.237. The minimum absolute atomic E-state index is 0.237. The number of aldehydes is 1. The van der Waals surface area contributed by atoms with Crippen molar-refractivity contribution in [3.05, 3.63) is 65.7 Å². The van der Waals surface area contributed by atoms with Gasteiger partial charge in [0.2, 0.25) is 0 Å². The van der Waals surface area contributed by atoms with Gasteiger partial charge in [-0.25, -0.2) is 4.39 Å². The normalized spacial score (nSPS) is 10.5. The highest BCUT2D eigenvalue weighted by Crippen LogP contribution is 2.33. The van der Waals surface area contributed by atoms with E-state index < -0.39 is 0 Å². The average Bonchev–Trinajstić information content (AvgIpc) is 3.06. The third-order valence-corrected chi connectivity index (χ3v) is 3.89. The van der Waals surface area contributed by atoms with Gasteiger partial charge in [0.05, 0.1) is 20.8 Å². The van der Waals surface area contributed by atoms with Gasteiger partial charge in [-0.1, -0.05) is 24.3 Å². The number of carbonyl (C=O) groups excluding carboxylic acids is 1. The van der Waals surface area contributed by atoms with E-state index in [1.54, 1.807) is 55.4 Å². The van der Waals surface area contributed by atoms with E-state index >= 15 is 0 Å². The van der Waals surface area contributed by atoms with E-state index in [0.29, 0.717) is 28.9 Å². The van der Waals surface area contributed by atoms with Crippen LogP contribution in [0.5, 0.6) is 11.5 Å². The van der Waals surface area contributed by atoms with Crippen LogP contribution >= 0.6 is 0 Å². The maximum atomic E-state index is 13.8. The molecule has 0 radical (unpaired) electrons. The van der Waals surface area contributed by atoms with Gasteiger partial charge in [-0.3, -0.25) is 9.48 Å². The molecule has 3 rings (SSSR count). The van der Waals surface area contributed by atoms with Crippen molar-refractivity contribution in [2.45, 2.75) is 6.54 Å². The summed E-state index contributed by atoms with van der Waals surface area (Å²) >= 11 is 0. The lowest BCUT2D eigenvalue weighted by Gasteiger charge is -2.08. The molecule has 0 amide bonds. The predicted molar refractivity (Wildman–Crippen MR) is 91.7 cm³/mol. The van der Waals surface area contributed by atoms with Gasteiger partial charge in [0.1, 0.15) is 11.5 Å². The largest absolute Gasteiger partial charge is 0.493 e. The fraction of sp³-hybridized carbons (Fsp3) is 0.158. The molecule has 1 heterocycles. The topological polar surface area (TPSA) is 53.4 Å². The van der Waals surface area contributed by atoms with Crippen molar-refractivity contribution in [3.8, 4) is 22.6 Å². The standard InChI is InChI=1S/C19H17FN2O3/c1-24-18-8-7-13(9-19(18)25-2)15-11-22(21-17(15)12-23)10-14-5-3-4-6-16(14)20/h3-9,11-12H,10H2,1-2H3. The molecule has 0 aliphatic heterocycles. The van der Waals surface area contributed by atoms with E-state index in [1.165, 1.54) is 6.07 Å². The average molecular weight is 340 g/mol. The zero-order chi connectivity index (χ0) is 17.8. The van der Waals surface area contributed by atoms with Crippen molar-refractivity contribution in [3.63, 3.8) is 0 Å². The summed E-state index contributed by atoms with van der Waals surface area (Å²) in [6.07, 6.45) is 2.40. The van der Waals surface area contributed by atoms with Crippen molar-refractivity contribution in [1.82, 2.24) is 9.78 Å². The van der Waals surface area contributed by atoms with Crippen molar-refractivity contribution < 1.29 is 18.7 Å². The Morgan fingerprint density at radius 1 is 1.12 bits per heavy atom. The summed E-state index contributed by atoms with van der Waals surface area (Å²) in [5, 5.41) is 4.25. The van der Waals surface area contributed by atoms with Gasteiger partial charge in [-0.15, -0.1) is 0 Å². The van der Waals surface area contributed by atoms with Crippen molar-refractivity contribution in [2.75, 3.05) is 14.2 Å². The summed E-state index contributed by atoms with van der Waals surface area (Å²) < 4.78 is 25.9. The first-order valence-corrected chi connectivity index (χ1v) is 7.64. The van der Waals surface area contributed by atoms with E-state index in [2.05, 4.69) is 5.10 Å². The number of hydrogen-bond acceptors (Lipinski definition) is 4. The van der Waals surface area contributed by atoms with Crippen LogP contribution in [0.1, 0.15) is 16.1 Å². The zero-order valence-corrected chi connectivity index (χ0v) is 13.9. The molecule has 5 nitrogen and oxygen atoms in total. The molecular weight excluding hydrogens is 323 g/mol. The van der Waals surface area contributed by atoms with Gasteiger partial charge >= 0.3 is 0 Å². The Kier molecular flexibility index (Phi) is 4.79. The van der Waals surface area contributed by atoms with Gasteiger partial charge in [-0.05, 0) is 23.8 Å². The molecular formula is C19H17FN2O3. The number of aromatic nitrogens is 2. The van der Waals surface area contributed by atoms with Crippen molar-refractivity contribution >= 4 is 6.29 Å². The number of methoxy groups -OCH3 is 2. The van der Waals surface area contributed by atoms with E-state index in [9.17, 15) is 9.18 Å². The molecule has 0 aliphatic carbocycles. The number of halogens is 1. The number of carbonyl (C=O) groups is 1. The van der Waals surface area contributed by atoms with Crippen LogP contribution in [-0.2, 0) is 6.54 Å². The lowest BCUT2D eigenvalue weighted by Crippen LogP contribution is -2.02. The first-order valence-electron chi connectivity index (χ1n) is 7.64. The summed E-state index contributed by atoms with van der Waals surface area (Å²) in [5.74, 6) is 0.842. The Bertz CT molecular complexity index is 905. The highest BCUT2D eigenvalue weighted by molar-refractivity contribution is 5.85. The van der Waals surface area contributed by atoms with Crippen LogP contribution in [0.25, 0.3) is 11.1 Å². The molecule has 1 aromatic heterocycles. The lowest BCUT2D eigenvalue weighted by atomic mass is 10.1. The van der Waals surface area contributed by atoms with Crippen LogP contribution in [0.3, 0.4) is 0 Å². The quantitative estimate of drug-likeness (QED) is 0.644. The fourth-order valence-electron chi connectivity index (χ4n) is 2.63. The molecule has 6 heteroatoms. The van der Waals surface area contributed by atoms with Gasteiger partial charge in [0.15, 0.2) is 17.8 Å². The van der Waals surface area contributed by atoms with Crippen LogP contribution in [-0.4, -0.2) is 30.3 Å². The smallest absolute Gasteiger partial charge is 0.170 e. The highest BCUT2D eigenvalue weighted by atomic mass is 19.1. The first-order chi connectivity index (χ1) is 12.2. The molecule has 25 heavy (non-hydrogen) atoms. The molecule has 0 aliphatic rings. The predicted octanol–water partition coefficient (Wildman–Crippen LogP) is 3.57. The second kappa shape index (κ2) is 7.17. The number of ether oxygens (including phenoxy) is 2. The highest BCUT2D eigenvalue weighted by Gasteiger charge is 2.14. The Balaban J connectivity index is 1.99. The maximum Gasteiger partial charge on any atom is 0.170 e. The molecule has 128 valence electrons. The first kappa shape index (κ1) is 16.7. The second-order valence-corrected chi connectivity index (χ2v) is 5.40. The maximum absolute atomic E-state index is 13.8. The minimum Gasteiger partial charge on any atom is -0.493 e. The monoisotopic (exact) mass is 340 g/mol. The van der Waals surface area contributed by atoms with E-state index in [0.717, 1.165) is 5.56 Å². The van der Waals surface area contributed by atoms with Crippen LogP contribution in [0.4, 0.5) is 4.39 Å². The zero-order valence-electron chi connectivity index (χ0n) is 13.9. The van der Waals surface area contributed by atoms with Crippen molar-refractivity contribution in [1.29, 1.82) is 0 Å². The van der Waals surface area contributed by atoms with Crippen LogP contribution < -0.4 is 9.47 Å². The van der Waals surface area contributed by atoms with E-state index in [-0.39, 0.29) is 18.1 Å². The summed E-state index contributed by atoms with van der Waals surface area (Å²) in [5.41, 5.74) is 2.19. The van der Waals surface area contributed by atoms with Crippen LogP contribution in [0.15, 0.2) is 48.7 Å². The summed E-state index contributed by atoms with van der Waals surface area (Å²) in [6, 6.07) is 11.8. The van der Waals surface area contributed by atoms with Crippen LogP contribution in [0.2, 0.25) is 0 Å². The second-order valence-electron chi connectivity index (χ2n) is 5.40. The SMILES string of the molecule is COc1ccc(-c2cn(Cc3ccccc3F)nc2C=O)cc1OC. The van der Waals surface area contributed by atoms with Gasteiger partial charge in [-0.2, -0.15) is 5.10 Å². The number of hydrogen-bond donors (Lipinski definition) is 0. The summed E-state index contributed by atoms with van der Waals surface area (Å²) in [7, 11) is 3.10. The Labute approximate surface area is 144 Å². The Morgan fingerprint density at radius 2 is 1.88 bits per heavy atom. The lowest BCUT2D eigenvalue weighted by molar-refractivity contribution is 0.111. The molecule has 0 fully saturated rings. The molecule has 0 saturated carbocycles. The molecule has 0 spiro atoms. The van der Waals surface area contributed by atoms with Crippen molar-refractivity contribution in [2.24, 2.45) is 0 Å². The molecule has 3 aromatic rings. The molecule has 0 unspecified atom stereocenters. The van der Waals surface area contributed by atoms with E-state index in [1.807, 2.05) is 6.07 Å². The number of benzene rings is 2. The minimum atomic E-state index is -0.307. The Hall–Kier alpha value is -3.15. The summed E-state index contributed by atoms with van der Waals surface area (Å²) in [4.78, 5) is 11.4. The molecule has 0 bridgehead atoms. The fourth-order valence-corrected chi connectivity index (χ4v) is 2.63. The molecule has 0 atom stereocenters. The van der Waals surface area contributed by atoms with E-state index in [4.69, 9.17) is 9.47 Å². The molecule has 2 aromatic carbocycles.